The van der Waals surface area contributed by atoms with E-state index in [-0.39, 0.29) is 23.2 Å². The van der Waals surface area contributed by atoms with Crippen molar-refractivity contribution in [1.82, 2.24) is 9.88 Å². The van der Waals surface area contributed by atoms with Crippen molar-refractivity contribution in [3.63, 3.8) is 0 Å². The molecule has 8 heteroatoms. The van der Waals surface area contributed by atoms with Gasteiger partial charge in [0.2, 0.25) is 0 Å². The van der Waals surface area contributed by atoms with Crippen LogP contribution in [0.5, 0.6) is 0 Å². The number of fused-ring (bicyclic) bond motifs is 1. The molecule has 3 heterocycles. The number of rotatable bonds is 6. The van der Waals surface area contributed by atoms with Gasteiger partial charge in [0.1, 0.15) is 5.76 Å². The summed E-state index contributed by atoms with van der Waals surface area (Å²) in [5, 5.41) is 3.26. The minimum Gasteiger partial charge on any atom is -0.467 e. The van der Waals surface area contributed by atoms with Crippen LogP contribution in [-0.2, 0) is 13.0 Å². The Morgan fingerprint density at radius 2 is 1.85 bits per heavy atom. The van der Waals surface area contributed by atoms with Gasteiger partial charge in [0.15, 0.2) is 5.13 Å². The van der Waals surface area contributed by atoms with Gasteiger partial charge in [-0.2, -0.15) is 0 Å². The molecular weight excluding hydrogens is 438 g/mol. The van der Waals surface area contributed by atoms with Crippen molar-refractivity contribution in [3.8, 4) is 0 Å². The van der Waals surface area contributed by atoms with Crippen LogP contribution in [0, 0.1) is 6.92 Å². The Labute approximate surface area is 193 Å². The maximum absolute atomic E-state index is 12.8. The first kappa shape index (κ1) is 20.8. The lowest BCUT2D eigenvalue weighted by Gasteiger charge is -2.11. The molecule has 0 aliphatic carbocycles. The molecule has 0 unspecified atom stereocenters. The number of amides is 3. The summed E-state index contributed by atoms with van der Waals surface area (Å²) in [6.45, 7) is 2.09. The SMILES string of the molecule is Cc1ccc(Cc2cnc(NC(=O)c3ccc4c(c3)C(=O)N(Cc3ccco3)C4=O)s2)cc1. The van der Waals surface area contributed by atoms with E-state index in [1.54, 1.807) is 18.3 Å². The van der Waals surface area contributed by atoms with Crippen LogP contribution in [-0.4, -0.2) is 27.6 Å². The number of carbonyl (C=O) groups is 3. The second-order valence-electron chi connectivity index (χ2n) is 7.78. The zero-order chi connectivity index (χ0) is 22.9. The van der Waals surface area contributed by atoms with E-state index in [1.165, 1.54) is 46.9 Å². The maximum Gasteiger partial charge on any atom is 0.261 e. The molecule has 0 bridgehead atoms. The molecule has 1 aliphatic rings. The number of imide groups is 1. The third-order valence-corrected chi connectivity index (χ3v) is 6.31. The van der Waals surface area contributed by atoms with Crippen molar-refractivity contribution in [2.24, 2.45) is 0 Å². The molecule has 1 aliphatic heterocycles. The number of furan rings is 1. The fraction of sp³-hybridized carbons (Fsp3) is 0.120. The highest BCUT2D eigenvalue weighted by atomic mass is 32.1. The smallest absolute Gasteiger partial charge is 0.261 e. The summed E-state index contributed by atoms with van der Waals surface area (Å²) in [6.07, 6.45) is 3.97. The van der Waals surface area contributed by atoms with Gasteiger partial charge in [-0.1, -0.05) is 29.8 Å². The Morgan fingerprint density at radius 1 is 1.06 bits per heavy atom. The Hall–Kier alpha value is -4.04. The van der Waals surface area contributed by atoms with Gasteiger partial charge in [0, 0.05) is 23.1 Å². The fourth-order valence-electron chi connectivity index (χ4n) is 3.66. The molecule has 0 radical (unpaired) electrons. The van der Waals surface area contributed by atoms with Crippen LogP contribution < -0.4 is 5.32 Å². The molecule has 5 rings (SSSR count). The van der Waals surface area contributed by atoms with E-state index in [2.05, 4.69) is 34.6 Å². The fourth-order valence-corrected chi connectivity index (χ4v) is 4.50. The summed E-state index contributed by atoms with van der Waals surface area (Å²) in [5.41, 5.74) is 3.14. The Kier molecular flexibility index (Phi) is 5.35. The first-order valence-electron chi connectivity index (χ1n) is 10.3. The van der Waals surface area contributed by atoms with E-state index in [0.29, 0.717) is 10.9 Å². The molecule has 2 aromatic heterocycles. The monoisotopic (exact) mass is 457 g/mol. The van der Waals surface area contributed by atoms with Gasteiger partial charge >= 0.3 is 0 Å². The molecule has 0 saturated heterocycles. The quantitative estimate of drug-likeness (QED) is 0.424. The Balaban J connectivity index is 1.29. The van der Waals surface area contributed by atoms with Gasteiger partial charge < -0.3 is 4.42 Å². The molecule has 0 fully saturated rings. The number of anilines is 1. The highest BCUT2D eigenvalue weighted by Gasteiger charge is 2.36. The van der Waals surface area contributed by atoms with Crippen molar-refractivity contribution >= 4 is 34.2 Å². The number of aryl methyl sites for hydroxylation is 1. The van der Waals surface area contributed by atoms with Crippen LogP contribution in [0.15, 0.2) is 71.5 Å². The lowest BCUT2D eigenvalue weighted by Crippen LogP contribution is -2.28. The number of hydrogen-bond donors (Lipinski definition) is 1. The zero-order valence-electron chi connectivity index (χ0n) is 17.7. The van der Waals surface area contributed by atoms with Crippen LogP contribution in [0.25, 0.3) is 0 Å². The maximum atomic E-state index is 12.8. The van der Waals surface area contributed by atoms with Crippen molar-refractivity contribution in [2.45, 2.75) is 19.9 Å². The van der Waals surface area contributed by atoms with Gasteiger partial charge in [-0.3, -0.25) is 24.6 Å². The molecule has 0 saturated carbocycles. The topological polar surface area (TPSA) is 92.5 Å². The summed E-state index contributed by atoms with van der Waals surface area (Å²) in [7, 11) is 0. The molecule has 0 atom stereocenters. The van der Waals surface area contributed by atoms with E-state index in [9.17, 15) is 14.4 Å². The molecule has 164 valence electrons. The van der Waals surface area contributed by atoms with Crippen LogP contribution >= 0.6 is 11.3 Å². The third kappa shape index (κ3) is 4.20. The number of thiazole rings is 1. The molecular formula is C25H19N3O4S. The Bertz CT molecular complexity index is 1360. The van der Waals surface area contributed by atoms with Gasteiger partial charge in [-0.15, -0.1) is 11.3 Å². The summed E-state index contributed by atoms with van der Waals surface area (Å²) < 4.78 is 5.25. The second-order valence-corrected chi connectivity index (χ2v) is 8.90. The van der Waals surface area contributed by atoms with Crippen molar-refractivity contribution in [2.75, 3.05) is 5.32 Å². The number of benzene rings is 2. The highest BCUT2D eigenvalue weighted by molar-refractivity contribution is 7.15. The molecule has 0 spiro atoms. The first-order chi connectivity index (χ1) is 16.0. The number of nitrogens with one attached hydrogen (secondary N) is 1. The van der Waals surface area contributed by atoms with E-state index in [1.807, 2.05) is 6.92 Å². The summed E-state index contributed by atoms with van der Waals surface area (Å²) in [4.78, 5) is 44.6. The Morgan fingerprint density at radius 3 is 2.61 bits per heavy atom. The van der Waals surface area contributed by atoms with Crippen LogP contribution in [0.1, 0.15) is 52.8 Å². The minimum atomic E-state index is -0.448. The molecule has 4 aromatic rings. The number of hydrogen-bond acceptors (Lipinski definition) is 6. The standard InChI is InChI=1S/C25H19N3O4S/c1-15-4-6-16(7-5-15)11-19-13-26-25(33-19)27-22(29)17-8-9-20-21(12-17)24(31)28(23(20)30)14-18-3-2-10-32-18/h2-10,12-13H,11,14H2,1H3,(H,26,27,29). The van der Waals surface area contributed by atoms with Gasteiger partial charge in [0.05, 0.1) is 23.9 Å². The molecule has 3 amide bonds. The number of aromatic nitrogens is 1. The number of carbonyl (C=O) groups excluding carboxylic acids is 3. The van der Waals surface area contributed by atoms with E-state index >= 15 is 0 Å². The van der Waals surface area contributed by atoms with Gasteiger partial charge in [0.25, 0.3) is 17.7 Å². The van der Waals surface area contributed by atoms with E-state index in [0.717, 1.165) is 16.2 Å². The average molecular weight is 458 g/mol. The molecule has 2 aromatic carbocycles. The average Bonchev–Trinajstić information content (AvgIpc) is 3.54. The molecule has 1 N–H and O–H groups in total. The lowest BCUT2D eigenvalue weighted by molar-refractivity contribution is 0.0631. The first-order valence-corrected chi connectivity index (χ1v) is 11.1. The summed E-state index contributed by atoms with van der Waals surface area (Å²) >= 11 is 1.40. The minimum absolute atomic E-state index is 0.0454. The van der Waals surface area contributed by atoms with Crippen molar-refractivity contribution < 1.29 is 18.8 Å². The zero-order valence-corrected chi connectivity index (χ0v) is 18.5. The van der Waals surface area contributed by atoms with Crippen molar-refractivity contribution in [1.29, 1.82) is 0 Å². The summed E-state index contributed by atoms with van der Waals surface area (Å²) in [6, 6.07) is 16.2. The lowest BCUT2D eigenvalue weighted by atomic mass is 10.1. The van der Waals surface area contributed by atoms with Crippen LogP contribution in [0.4, 0.5) is 5.13 Å². The third-order valence-electron chi connectivity index (χ3n) is 5.40. The van der Waals surface area contributed by atoms with E-state index < -0.39 is 17.7 Å². The van der Waals surface area contributed by atoms with Gasteiger partial charge in [-0.05, 0) is 42.8 Å². The molecule has 33 heavy (non-hydrogen) atoms. The largest absolute Gasteiger partial charge is 0.467 e. The van der Waals surface area contributed by atoms with Crippen molar-refractivity contribution in [3.05, 3.63) is 106 Å². The predicted molar refractivity (Wildman–Crippen MR) is 123 cm³/mol. The van der Waals surface area contributed by atoms with E-state index in [4.69, 9.17) is 4.42 Å². The predicted octanol–water partition coefficient (Wildman–Crippen LogP) is 4.68. The molecule has 7 nitrogen and oxygen atoms in total. The second kappa shape index (κ2) is 8.48. The number of nitrogens with zero attached hydrogens (tertiary/aromatic N) is 2. The van der Waals surface area contributed by atoms with Crippen LogP contribution in [0.3, 0.4) is 0 Å². The normalized spacial score (nSPS) is 12.8. The van der Waals surface area contributed by atoms with Gasteiger partial charge in [-0.25, -0.2) is 4.98 Å². The summed E-state index contributed by atoms with van der Waals surface area (Å²) in [5.74, 6) is -0.735. The van der Waals surface area contributed by atoms with Crippen LogP contribution in [0.2, 0.25) is 0 Å². The highest BCUT2D eigenvalue weighted by Crippen LogP contribution is 2.27.